The van der Waals surface area contributed by atoms with Crippen molar-refractivity contribution in [3.8, 4) is 0 Å². The second kappa shape index (κ2) is 3.28. The van der Waals surface area contributed by atoms with Gasteiger partial charge in [-0.15, -0.1) is 0 Å². The van der Waals surface area contributed by atoms with Gasteiger partial charge < -0.3 is 10.4 Å². The zero-order chi connectivity index (χ0) is 11.3. The molecule has 1 aromatic carbocycles. The van der Waals surface area contributed by atoms with E-state index in [0.29, 0.717) is 11.5 Å². The summed E-state index contributed by atoms with van der Waals surface area (Å²) in [5.74, 6) is 0.186. The van der Waals surface area contributed by atoms with Gasteiger partial charge in [-0.1, -0.05) is 18.2 Å². The number of halogens is 1. The molecule has 2 bridgehead atoms. The highest BCUT2D eigenvalue weighted by atomic mass is 19.1. The molecule has 1 saturated carbocycles. The summed E-state index contributed by atoms with van der Waals surface area (Å²) in [6.45, 7) is 2.16. The number of hydrogen-bond donors (Lipinski definition) is 2. The van der Waals surface area contributed by atoms with Crippen molar-refractivity contribution in [2.75, 3.05) is 0 Å². The molecule has 0 radical (unpaired) electrons. The van der Waals surface area contributed by atoms with Gasteiger partial charge in [-0.25, -0.2) is 4.39 Å². The molecule has 3 heteroatoms. The Balaban J connectivity index is 1.84. The normalized spacial score (nSPS) is 38.2. The Hall–Kier alpha value is -0.930. The third kappa shape index (κ3) is 1.39. The van der Waals surface area contributed by atoms with Crippen molar-refractivity contribution >= 4 is 0 Å². The van der Waals surface area contributed by atoms with Gasteiger partial charge in [0.15, 0.2) is 0 Å². The first kappa shape index (κ1) is 10.2. The fourth-order valence-corrected chi connectivity index (χ4v) is 3.23. The van der Waals surface area contributed by atoms with E-state index < -0.39 is 6.10 Å². The zero-order valence-electron chi connectivity index (χ0n) is 9.28. The average Bonchev–Trinajstić information content (AvgIpc) is 2.71. The first-order valence-corrected chi connectivity index (χ1v) is 5.79. The quantitative estimate of drug-likeness (QED) is 0.800. The van der Waals surface area contributed by atoms with Gasteiger partial charge in [0.25, 0.3) is 0 Å². The van der Waals surface area contributed by atoms with Crippen molar-refractivity contribution in [3.63, 3.8) is 0 Å². The van der Waals surface area contributed by atoms with Crippen LogP contribution in [0.25, 0.3) is 0 Å². The Morgan fingerprint density at radius 3 is 2.69 bits per heavy atom. The third-order valence-corrected chi connectivity index (χ3v) is 4.01. The van der Waals surface area contributed by atoms with Gasteiger partial charge in [-0.05, 0) is 31.7 Å². The molecular weight excluding hydrogens is 205 g/mol. The van der Waals surface area contributed by atoms with Crippen LogP contribution in [0.4, 0.5) is 4.39 Å². The Morgan fingerprint density at radius 1 is 1.44 bits per heavy atom. The van der Waals surface area contributed by atoms with Crippen LogP contribution in [0.15, 0.2) is 24.3 Å². The van der Waals surface area contributed by atoms with Crippen LogP contribution in [0.1, 0.15) is 31.4 Å². The molecule has 4 rings (SSSR count). The van der Waals surface area contributed by atoms with Crippen LogP contribution in [0.3, 0.4) is 0 Å². The highest BCUT2D eigenvalue weighted by Gasteiger charge is 2.54. The minimum Gasteiger partial charge on any atom is -0.387 e. The van der Waals surface area contributed by atoms with Crippen LogP contribution < -0.4 is 5.32 Å². The number of aliphatic hydroxyl groups excluding tert-OH is 1. The molecule has 2 atom stereocenters. The van der Waals surface area contributed by atoms with E-state index in [9.17, 15) is 9.50 Å². The first-order valence-electron chi connectivity index (χ1n) is 5.79. The van der Waals surface area contributed by atoms with E-state index in [0.717, 1.165) is 12.8 Å². The number of hydrogen-bond acceptors (Lipinski definition) is 2. The largest absolute Gasteiger partial charge is 0.387 e. The van der Waals surface area contributed by atoms with Crippen LogP contribution in [0.2, 0.25) is 0 Å². The Bertz CT molecular complexity index is 414. The molecule has 2 saturated heterocycles. The zero-order valence-corrected chi connectivity index (χ0v) is 9.28. The van der Waals surface area contributed by atoms with E-state index in [2.05, 4.69) is 12.2 Å². The van der Waals surface area contributed by atoms with Crippen LogP contribution in [-0.4, -0.2) is 16.7 Å². The van der Waals surface area contributed by atoms with Gasteiger partial charge in [0, 0.05) is 17.1 Å². The predicted molar refractivity (Wildman–Crippen MR) is 59.4 cm³/mol. The van der Waals surface area contributed by atoms with Crippen molar-refractivity contribution in [2.24, 2.45) is 5.92 Å². The van der Waals surface area contributed by atoms with Crippen molar-refractivity contribution in [1.29, 1.82) is 0 Å². The highest BCUT2D eigenvalue weighted by Crippen LogP contribution is 2.50. The number of rotatable bonds is 2. The molecule has 1 aliphatic carbocycles. The summed E-state index contributed by atoms with van der Waals surface area (Å²) in [6.07, 6.45) is 1.47. The molecule has 16 heavy (non-hydrogen) atoms. The average molecular weight is 221 g/mol. The second-order valence-electron chi connectivity index (χ2n) is 5.37. The van der Waals surface area contributed by atoms with Crippen molar-refractivity contribution in [3.05, 3.63) is 35.6 Å². The molecule has 2 aliphatic heterocycles. The summed E-state index contributed by atoms with van der Waals surface area (Å²) in [5.41, 5.74) is 0.595. The van der Waals surface area contributed by atoms with E-state index in [4.69, 9.17) is 0 Å². The molecular formula is C13H16FNO. The maximum Gasteiger partial charge on any atom is 0.129 e. The summed E-state index contributed by atoms with van der Waals surface area (Å²) in [7, 11) is 0. The van der Waals surface area contributed by atoms with Crippen LogP contribution in [0.5, 0.6) is 0 Å². The lowest BCUT2D eigenvalue weighted by Crippen LogP contribution is -2.40. The molecule has 3 fully saturated rings. The van der Waals surface area contributed by atoms with E-state index in [1.54, 1.807) is 18.2 Å². The van der Waals surface area contributed by atoms with Gasteiger partial charge in [-0.2, -0.15) is 0 Å². The van der Waals surface area contributed by atoms with E-state index in [1.807, 2.05) is 0 Å². The lowest BCUT2D eigenvalue weighted by Gasteiger charge is -2.33. The molecule has 2 unspecified atom stereocenters. The van der Waals surface area contributed by atoms with Crippen molar-refractivity contribution < 1.29 is 9.50 Å². The minimum atomic E-state index is -0.726. The van der Waals surface area contributed by atoms with Gasteiger partial charge >= 0.3 is 0 Å². The van der Waals surface area contributed by atoms with Crippen molar-refractivity contribution in [1.82, 2.24) is 5.32 Å². The van der Waals surface area contributed by atoms with Crippen LogP contribution in [-0.2, 0) is 0 Å². The Morgan fingerprint density at radius 2 is 2.12 bits per heavy atom. The summed E-state index contributed by atoms with van der Waals surface area (Å²) >= 11 is 0. The predicted octanol–water partition coefficient (Wildman–Crippen LogP) is 2.00. The summed E-state index contributed by atoms with van der Waals surface area (Å²) in [5, 5.41) is 13.6. The standard InChI is InChI=1S/C13H16FNO/c1-13-6-8(7-13)11(15-13)12(16)9-4-2-3-5-10(9)14/h2-5,8,11-12,15-16H,6-7H2,1H3. The summed E-state index contributed by atoms with van der Waals surface area (Å²) in [4.78, 5) is 0. The van der Waals surface area contributed by atoms with E-state index >= 15 is 0 Å². The van der Waals surface area contributed by atoms with Crippen molar-refractivity contribution in [2.45, 2.75) is 37.5 Å². The van der Waals surface area contributed by atoms with Crippen LogP contribution >= 0.6 is 0 Å². The minimum absolute atomic E-state index is 0.0156. The molecule has 86 valence electrons. The SMILES string of the molecule is CC12CC(C1)C(C(O)c1ccccc1F)N2. The molecule has 1 aromatic rings. The third-order valence-electron chi connectivity index (χ3n) is 4.01. The molecule has 2 nitrogen and oxygen atoms in total. The molecule has 3 aliphatic rings. The Labute approximate surface area is 94.5 Å². The maximum absolute atomic E-state index is 13.5. The molecule has 0 spiro atoms. The Kier molecular flexibility index (Phi) is 2.10. The number of benzene rings is 1. The van der Waals surface area contributed by atoms with Gasteiger partial charge in [0.05, 0.1) is 6.10 Å². The lowest BCUT2D eigenvalue weighted by molar-refractivity contribution is 0.118. The van der Waals surface area contributed by atoms with Gasteiger partial charge in [0.2, 0.25) is 0 Å². The van der Waals surface area contributed by atoms with E-state index in [-0.39, 0.29) is 17.4 Å². The molecule has 2 heterocycles. The first-order chi connectivity index (χ1) is 7.59. The number of nitrogens with one attached hydrogen (secondary N) is 1. The number of aliphatic hydroxyl groups is 1. The molecule has 2 N–H and O–H groups in total. The van der Waals surface area contributed by atoms with E-state index in [1.165, 1.54) is 6.07 Å². The summed E-state index contributed by atoms with van der Waals surface area (Å²) in [6, 6.07) is 6.50. The fraction of sp³-hybridized carbons (Fsp3) is 0.538. The number of fused-ring (bicyclic) bond motifs is 1. The molecule has 0 amide bonds. The monoisotopic (exact) mass is 221 g/mol. The van der Waals surface area contributed by atoms with Gasteiger partial charge in [0.1, 0.15) is 5.82 Å². The maximum atomic E-state index is 13.5. The molecule has 0 aromatic heterocycles. The fourth-order valence-electron chi connectivity index (χ4n) is 3.23. The lowest BCUT2D eigenvalue weighted by atomic mass is 9.72. The topological polar surface area (TPSA) is 32.3 Å². The van der Waals surface area contributed by atoms with Gasteiger partial charge in [-0.3, -0.25) is 0 Å². The van der Waals surface area contributed by atoms with Crippen LogP contribution in [0, 0.1) is 11.7 Å². The smallest absolute Gasteiger partial charge is 0.129 e. The summed E-state index contributed by atoms with van der Waals surface area (Å²) < 4.78 is 13.5. The second-order valence-corrected chi connectivity index (χ2v) is 5.37. The highest BCUT2D eigenvalue weighted by molar-refractivity contribution is 5.24.